The number of anilines is 1. The summed E-state index contributed by atoms with van der Waals surface area (Å²) in [6.45, 7) is 3.84. The molecular formula is C20H23NO3. The highest BCUT2D eigenvalue weighted by molar-refractivity contribution is 5.95. The molecule has 1 N–H and O–H groups in total. The Morgan fingerprint density at radius 1 is 1.00 bits per heavy atom. The Kier molecular flexibility index (Phi) is 6.55. The van der Waals surface area contributed by atoms with E-state index in [-0.39, 0.29) is 24.4 Å². The number of rotatable bonds is 7. The third-order valence-electron chi connectivity index (χ3n) is 3.55. The van der Waals surface area contributed by atoms with Crippen LogP contribution < -0.4 is 5.32 Å². The quantitative estimate of drug-likeness (QED) is 0.611. The molecular weight excluding hydrogens is 302 g/mol. The van der Waals surface area contributed by atoms with Crippen molar-refractivity contribution in [3.63, 3.8) is 0 Å². The van der Waals surface area contributed by atoms with Crippen molar-refractivity contribution in [3.05, 3.63) is 54.6 Å². The van der Waals surface area contributed by atoms with Gasteiger partial charge in [0.2, 0.25) is 5.91 Å². The standard InChI is InChI=1S/C20H23NO3/c1-15(2)20(23)24-14-8-13-19(22)21-18-12-7-6-11-17(18)16-9-4-3-5-10-16/h3-7,9-12,15H,8,13-14H2,1-2H3,(H,21,22). The maximum atomic E-state index is 12.1. The predicted octanol–water partition coefficient (Wildman–Crippen LogP) is 4.27. The zero-order valence-electron chi connectivity index (χ0n) is 14.1. The fourth-order valence-corrected chi connectivity index (χ4v) is 2.25. The molecule has 2 aromatic carbocycles. The summed E-state index contributed by atoms with van der Waals surface area (Å²) in [5.41, 5.74) is 2.82. The molecule has 126 valence electrons. The lowest BCUT2D eigenvalue weighted by atomic mass is 10.0. The third kappa shape index (κ3) is 5.23. The monoisotopic (exact) mass is 325 g/mol. The lowest BCUT2D eigenvalue weighted by Crippen LogP contribution is -2.15. The molecule has 2 rings (SSSR count). The van der Waals surface area contributed by atoms with Gasteiger partial charge in [-0.25, -0.2) is 0 Å². The second kappa shape index (κ2) is 8.87. The first-order chi connectivity index (χ1) is 11.6. The number of esters is 1. The summed E-state index contributed by atoms with van der Waals surface area (Å²) in [6.07, 6.45) is 0.826. The van der Waals surface area contributed by atoms with Gasteiger partial charge in [0.05, 0.1) is 12.5 Å². The van der Waals surface area contributed by atoms with Crippen molar-refractivity contribution < 1.29 is 14.3 Å². The van der Waals surface area contributed by atoms with Crippen molar-refractivity contribution in [1.29, 1.82) is 0 Å². The Labute approximate surface area is 142 Å². The summed E-state index contributed by atoms with van der Waals surface area (Å²) in [6, 6.07) is 17.6. The van der Waals surface area contributed by atoms with E-state index in [0.717, 1.165) is 16.8 Å². The zero-order chi connectivity index (χ0) is 17.4. The molecule has 0 heterocycles. The summed E-state index contributed by atoms with van der Waals surface area (Å²) in [5.74, 6) is -0.458. The number of para-hydroxylation sites is 1. The Bertz CT molecular complexity index is 680. The first-order valence-electron chi connectivity index (χ1n) is 8.19. The van der Waals surface area contributed by atoms with E-state index in [1.807, 2.05) is 54.6 Å². The van der Waals surface area contributed by atoms with Crippen LogP contribution in [0.25, 0.3) is 11.1 Å². The summed E-state index contributed by atoms with van der Waals surface area (Å²) >= 11 is 0. The third-order valence-corrected chi connectivity index (χ3v) is 3.55. The van der Waals surface area contributed by atoms with Gasteiger partial charge in [0.15, 0.2) is 0 Å². The molecule has 24 heavy (non-hydrogen) atoms. The van der Waals surface area contributed by atoms with Crippen molar-refractivity contribution in [2.45, 2.75) is 26.7 Å². The summed E-state index contributed by atoms with van der Waals surface area (Å²) in [4.78, 5) is 23.5. The number of carbonyl (C=O) groups is 2. The smallest absolute Gasteiger partial charge is 0.308 e. The molecule has 0 aliphatic carbocycles. The van der Waals surface area contributed by atoms with E-state index < -0.39 is 0 Å². The number of hydrogen-bond donors (Lipinski definition) is 1. The van der Waals surface area contributed by atoms with Crippen molar-refractivity contribution in [3.8, 4) is 11.1 Å². The van der Waals surface area contributed by atoms with Crippen LogP contribution in [0.2, 0.25) is 0 Å². The first-order valence-corrected chi connectivity index (χ1v) is 8.19. The number of benzene rings is 2. The SMILES string of the molecule is CC(C)C(=O)OCCCC(=O)Nc1ccccc1-c1ccccc1. The van der Waals surface area contributed by atoms with Gasteiger partial charge < -0.3 is 10.1 Å². The van der Waals surface area contributed by atoms with Crippen LogP contribution in [0.15, 0.2) is 54.6 Å². The molecule has 0 fully saturated rings. The van der Waals surface area contributed by atoms with Gasteiger partial charge in [0, 0.05) is 17.7 Å². The van der Waals surface area contributed by atoms with Crippen LogP contribution in [0.5, 0.6) is 0 Å². The van der Waals surface area contributed by atoms with Gasteiger partial charge in [0.1, 0.15) is 0 Å². The van der Waals surface area contributed by atoms with E-state index in [1.165, 1.54) is 0 Å². The van der Waals surface area contributed by atoms with Gasteiger partial charge in [-0.2, -0.15) is 0 Å². The van der Waals surface area contributed by atoms with Gasteiger partial charge in [-0.3, -0.25) is 9.59 Å². The molecule has 2 aromatic rings. The molecule has 0 radical (unpaired) electrons. The Hall–Kier alpha value is -2.62. The minimum absolute atomic E-state index is 0.0843. The molecule has 0 aliphatic heterocycles. The van der Waals surface area contributed by atoms with Gasteiger partial charge in [-0.15, -0.1) is 0 Å². The lowest BCUT2D eigenvalue weighted by molar-refractivity contribution is -0.147. The Morgan fingerprint density at radius 2 is 1.67 bits per heavy atom. The van der Waals surface area contributed by atoms with E-state index >= 15 is 0 Å². The first kappa shape index (κ1) is 17.7. The minimum atomic E-state index is -0.232. The van der Waals surface area contributed by atoms with Crippen LogP contribution in [-0.2, 0) is 14.3 Å². The van der Waals surface area contributed by atoms with Gasteiger partial charge in [-0.05, 0) is 18.1 Å². The molecule has 0 saturated carbocycles. The van der Waals surface area contributed by atoms with Crippen LogP contribution in [0.3, 0.4) is 0 Å². The van der Waals surface area contributed by atoms with E-state index in [1.54, 1.807) is 13.8 Å². The van der Waals surface area contributed by atoms with Crippen molar-refractivity contribution in [2.24, 2.45) is 5.92 Å². The maximum absolute atomic E-state index is 12.1. The van der Waals surface area contributed by atoms with E-state index in [0.29, 0.717) is 12.8 Å². The second-order valence-electron chi connectivity index (χ2n) is 5.89. The van der Waals surface area contributed by atoms with E-state index in [9.17, 15) is 9.59 Å². The zero-order valence-corrected chi connectivity index (χ0v) is 14.1. The molecule has 0 unspecified atom stereocenters. The number of ether oxygens (including phenoxy) is 1. The minimum Gasteiger partial charge on any atom is -0.465 e. The van der Waals surface area contributed by atoms with E-state index in [4.69, 9.17) is 4.74 Å². The predicted molar refractivity (Wildman–Crippen MR) is 95.5 cm³/mol. The van der Waals surface area contributed by atoms with Crippen LogP contribution in [0.4, 0.5) is 5.69 Å². The second-order valence-corrected chi connectivity index (χ2v) is 5.89. The van der Waals surface area contributed by atoms with Gasteiger partial charge in [-0.1, -0.05) is 62.4 Å². The molecule has 1 amide bonds. The highest BCUT2D eigenvalue weighted by atomic mass is 16.5. The number of hydrogen-bond acceptors (Lipinski definition) is 3. The largest absolute Gasteiger partial charge is 0.465 e. The fourth-order valence-electron chi connectivity index (χ4n) is 2.25. The molecule has 0 bridgehead atoms. The van der Waals surface area contributed by atoms with E-state index in [2.05, 4.69) is 5.32 Å². The molecule has 0 aromatic heterocycles. The average molecular weight is 325 g/mol. The summed E-state index contributed by atoms with van der Waals surface area (Å²) < 4.78 is 5.08. The number of nitrogens with one attached hydrogen (secondary N) is 1. The van der Waals surface area contributed by atoms with Gasteiger partial charge >= 0.3 is 5.97 Å². The normalized spacial score (nSPS) is 10.5. The summed E-state index contributed by atoms with van der Waals surface area (Å²) in [7, 11) is 0. The molecule has 4 nitrogen and oxygen atoms in total. The molecule has 0 aliphatic rings. The van der Waals surface area contributed by atoms with Crippen molar-refractivity contribution in [2.75, 3.05) is 11.9 Å². The van der Waals surface area contributed by atoms with Crippen molar-refractivity contribution in [1.82, 2.24) is 0 Å². The fraction of sp³-hybridized carbons (Fsp3) is 0.300. The van der Waals surface area contributed by atoms with Crippen LogP contribution >= 0.6 is 0 Å². The molecule has 0 spiro atoms. The number of amides is 1. The average Bonchev–Trinajstić information content (AvgIpc) is 2.59. The summed E-state index contributed by atoms with van der Waals surface area (Å²) in [5, 5.41) is 2.94. The number of carbonyl (C=O) groups excluding carboxylic acids is 2. The lowest BCUT2D eigenvalue weighted by Gasteiger charge is -2.11. The molecule has 0 saturated heterocycles. The van der Waals surface area contributed by atoms with Gasteiger partial charge in [0.25, 0.3) is 0 Å². The highest BCUT2D eigenvalue weighted by Crippen LogP contribution is 2.27. The highest BCUT2D eigenvalue weighted by Gasteiger charge is 2.10. The van der Waals surface area contributed by atoms with Crippen LogP contribution in [0, 0.1) is 5.92 Å². The Balaban J connectivity index is 1.90. The Morgan fingerprint density at radius 3 is 2.38 bits per heavy atom. The molecule has 0 atom stereocenters. The van der Waals surface area contributed by atoms with Crippen molar-refractivity contribution >= 4 is 17.6 Å². The molecule has 4 heteroatoms. The van der Waals surface area contributed by atoms with Crippen LogP contribution in [-0.4, -0.2) is 18.5 Å². The maximum Gasteiger partial charge on any atom is 0.308 e. The van der Waals surface area contributed by atoms with Crippen LogP contribution in [0.1, 0.15) is 26.7 Å². The topological polar surface area (TPSA) is 55.4 Å².